The number of benzene rings is 4. The number of nitrogens with zero attached hydrogens (tertiary/aromatic N) is 1. The molecule has 1 saturated heterocycles. The predicted molar refractivity (Wildman–Crippen MR) is 180 cm³/mol. The van der Waals surface area contributed by atoms with Crippen LogP contribution in [0.4, 0.5) is 0 Å². The molecule has 1 aliphatic heterocycles. The number of halogens is 1. The Hall–Kier alpha value is -4.62. The quantitative estimate of drug-likeness (QED) is 0.101. The van der Waals surface area contributed by atoms with Gasteiger partial charge in [0.2, 0.25) is 5.91 Å². The van der Waals surface area contributed by atoms with Crippen LogP contribution in [0.5, 0.6) is 5.75 Å². The Morgan fingerprint density at radius 3 is 2.20 bits per heavy atom. The van der Waals surface area contributed by atoms with E-state index < -0.39 is 5.92 Å². The van der Waals surface area contributed by atoms with Crippen LogP contribution in [0.25, 0.3) is 11.1 Å². The van der Waals surface area contributed by atoms with Crippen LogP contribution in [-0.2, 0) is 27.2 Å². The average molecular weight is 626 g/mol. The second kappa shape index (κ2) is 15.9. The second-order valence-corrected chi connectivity index (χ2v) is 11.3. The first kappa shape index (κ1) is 33.3. The fraction of sp³-hybridized carbons (Fsp3) is 0.270. The maximum Gasteiger partial charge on any atom is 0.306 e. The molecule has 4 aromatic rings. The largest absolute Gasteiger partial charge is 0.491 e. The molecule has 0 unspecified atom stereocenters. The van der Waals surface area contributed by atoms with Gasteiger partial charge in [-0.1, -0.05) is 91.0 Å². The molecule has 45 heavy (non-hydrogen) atoms. The SMILES string of the molecule is COC(=O)C[C@@H]1C[C@@H](COc2ccc(-c3ccc(C(=N)N)cc3)cc2)N(CCCc2cccc(Cc3ccccc3)c2)C1=O.Cl. The molecule has 7 nitrogen and oxygen atoms in total. The lowest BCUT2D eigenvalue weighted by molar-refractivity contribution is -0.144. The Kier molecular flexibility index (Phi) is 11.8. The lowest BCUT2D eigenvalue weighted by atomic mass is 10.0. The summed E-state index contributed by atoms with van der Waals surface area (Å²) in [5, 5.41) is 7.57. The van der Waals surface area contributed by atoms with Crippen LogP contribution in [0.15, 0.2) is 103 Å². The molecule has 1 aliphatic rings. The lowest BCUT2D eigenvalue weighted by Gasteiger charge is -2.25. The topological polar surface area (TPSA) is 106 Å². The summed E-state index contributed by atoms with van der Waals surface area (Å²) >= 11 is 0. The van der Waals surface area contributed by atoms with Crippen LogP contribution < -0.4 is 10.5 Å². The zero-order chi connectivity index (χ0) is 30.9. The standard InChI is InChI=1S/C37H39N3O4.ClH/c1-43-35(41)24-32-23-33(25-44-34-18-16-30(17-19-34)29-12-14-31(15-13-29)36(38)39)40(37(32)42)20-6-11-27-9-5-10-28(22-27)21-26-7-3-2-4-8-26;/h2-5,7-10,12-19,22,32-33H,6,11,20-21,23-25H2,1H3,(H3,38,39);1H/t32-,33-;/m0./s1. The molecule has 0 aliphatic carbocycles. The predicted octanol–water partition coefficient (Wildman–Crippen LogP) is 6.44. The summed E-state index contributed by atoms with van der Waals surface area (Å²) in [4.78, 5) is 27.3. The fourth-order valence-corrected chi connectivity index (χ4v) is 5.84. The Labute approximate surface area is 271 Å². The summed E-state index contributed by atoms with van der Waals surface area (Å²) in [5.41, 5.74) is 12.1. The fourth-order valence-electron chi connectivity index (χ4n) is 5.84. The van der Waals surface area contributed by atoms with E-state index >= 15 is 0 Å². The molecule has 3 N–H and O–H groups in total. The first-order valence-corrected chi connectivity index (χ1v) is 15.1. The molecule has 0 aromatic heterocycles. The summed E-state index contributed by atoms with van der Waals surface area (Å²) < 4.78 is 11.0. The van der Waals surface area contributed by atoms with Crippen LogP contribution in [0.2, 0.25) is 0 Å². The highest BCUT2D eigenvalue weighted by molar-refractivity contribution is 5.95. The summed E-state index contributed by atoms with van der Waals surface area (Å²) in [7, 11) is 1.35. The van der Waals surface area contributed by atoms with E-state index in [9.17, 15) is 9.59 Å². The first-order valence-electron chi connectivity index (χ1n) is 15.1. The Morgan fingerprint density at radius 1 is 0.889 bits per heavy atom. The van der Waals surface area contributed by atoms with E-state index in [1.165, 1.54) is 23.8 Å². The van der Waals surface area contributed by atoms with Gasteiger partial charge in [0.25, 0.3) is 0 Å². The van der Waals surface area contributed by atoms with Gasteiger partial charge in [-0.25, -0.2) is 0 Å². The Bertz CT molecular complexity index is 1580. The molecule has 0 bridgehead atoms. The van der Waals surface area contributed by atoms with Crippen molar-refractivity contribution in [2.75, 3.05) is 20.3 Å². The molecule has 1 heterocycles. The molecule has 0 radical (unpaired) electrons. The molecule has 5 rings (SSSR count). The van der Waals surface area contributed by atoms with Gasteiger partial charge in [0, 0.05) is 12.1 Å². The van der Waals surface area contributed by atoms with Crippen LogP contribution in [-0.4, -0.2) is 48.9 Å². The molecule has 0 saturated carbocycles. The van der Waals surface area contributed by atoms with Gasteiger partial charge in [0.15, 0.2) is 0 Å². The van der Waals surface area contributed by atoms with Gasteiger partial charge in [-0.2, -0.15) is 0 Å². The molecule has 234 valence electrons. The number of rotatable bonds is 13. The number of ether oxygens (including phenoxy) is 2. The van der Waals surface area contributed by atoms with Gasteiger partial charge < -0.3 is 20.1 Å². The van der Waals surface area contributed by atoms with Gasteiger partial charge in [0.1, 0.15) is 18.2 Å². The summed E-state index contributed by atoms with van der Waals surface area (Å²) in [6.07, 6.45) is 3.21. The molecule has 2 atom stereocenters. The number of nitrogen functional groups attached to an aromatic ring is 1. The van der Waals surface area contributed by atoms with Crippen molar-refractivity contribution in [1.29, 1.82) is 5.41 Å². The number of nitrogens with one attached hydrogen (secondary N) is 1. The maximum absolute atomic E-state index is 13.4. The third kappa shape index (κ3) is 8.96. The monoisotopic (exact) mass is 625 g/mol. The number of aryl methyl sites for hydroxylation is 1. The summed E-state index contributed by atoms with van der Waals surface area (Å²) in [6, 6.07) is 34.3. The van der Waals surface area contributed by atoms with Gasteiger partial charge in [-0.15, -0.1) is 12.4 Å². The number of amidine groups is 1. The van der Waals surface area contributed by atoms with E-state index in [0.29, 0.717) is 30.9 Å². The van der Waals surface area contributed by atoms with Gasteiger partial charge in [0.05, 0.1) is 25.5 Å². The number of hydrogen-bond acceptors (Lipinski definition) is 5. The van der Waals surface area contributed by atoms with Crippen molar-refractivity contribution in [2.45, 2.75) is 38.1 Å². The first-order chi connectivity index (χ1) is 21.4. The van der Waals surface area contributed by atoms with Crippen molar-refractivity contribution in [2.24, 2.45) is 11.7 Å². The lowest BCUT2D eigenvalue weighted by Crippen LogP contribution is -2.38. The smallest absolute Gasteiger partial charge is 0.306 e. The molecular formula is C37H40ClN3O4. The number of esters is 1. The van der Waals surface area contributed by atoms with Crippen molar-refractivity contribution in [3.8, 4) is 16.9 Å². The average Bonchev–Trinajstić information content (AvgIpc) is 3.34. The Morgan fingerprint density at radius 2 is 1.53 bits per heavy atom. The van der Waals surface area contributed by atoms with Crippen molar-refractivity contribution >= 4 is 30.1 Å². The normalized spacial score (nSPS) is 15.8. The minimum Gasteiger partial charge on any atom is -0.491 e. The van der Waals surface area contributed by atoms with Crippen molar-refractivity contribution in [3.63, 3.8) is 0 Å². The van der Waals surface area contributed by atoms with Gasteiger partial charge in [-0.05, 0) is 65.6 Å². The third-order valence-corrected chi connectivity index (χ3v) is 8.20. The zero-order valence-corrected chi connectivity index (χ0v) is 26.3. The number of carbonyl (C=O) groups excluding carboxylic acids is 2. The highest BCUT2D eigenvalue weighted by Crippen LogP contribution is 2.30. The van der Waals surface area contributed by atoms with Crippen molar-refractivity contribution < 1.29 is 19.1 Å². The zero-order valence-electron chi connectivity index (χ0n) is 25.5. The number of carbonyl (C=O) groups is 2. The highest BCUT2D eigenvalue weighted by Gasteiger charge is 2.40. The Balaban J connectivity index is 0.00000461. The van der Waals surface area contributed by atoms with E-state index in [1.54, 1.807) is 0 Å². The van der Waals surface area contributed by atoms with Crippen molar-refractivity contribution in [3.05, 3.63) is 125 Å². The molecular weight excluding hydrogens is 586 g/mol. The third-order valence-electron chi connectivity index (χ3n) is 8.20. The molecule has 4 aromatic carbocycles. The highest BCUT2D eigenvalue weighted by atomic mass is 35.5. The second-order valence-electron chi connectivity index (χ2n) is 11.3. The van der Waals surface area contributed by atoms with E-state index in [1.807, 2.05) is 59.5 Å². The van der Waals surface area contributed by atoms with Crippen LogP contribution >= 0.6 is 12.4 Å². The molecule has 0 spiro atoms. The van der Waals surface area contributed by atoms with Gasteiger partial charge >= 0.3 is 5.97 Å². The minimum atomic E-state index is -0.398. The van der Waals surface area contributed by atoms with Crippen molar-refractivity contribution in [1.82, 2.24) is 4.90 Å². The maximum atomic E-state index is 13.4. The number of nitrogens with two attached hydrogens (primary N) is 1. The van der Waals surface area contributed by atoms with E-state index in [0.717, 1.165) is 30.4 Å². The van der Waals surface area contributed by atoms with Gasteiger partial charge in [-0.3, -0.25) is 15.0 Å². The minimum absolute atomic E-state index is 0. The summed E-state index contributed by atoms with van der Waals surface area (Å²) in [5.74, 6) is -0.0152. The number of likely N-dealkylation sites (tertiary alicyclic amines) is 1. The van der Waals surface area contributed by atoms with Crippen LogP contribution in [0, 0.1) is 11.3 Å². The summed E-state index contributed by atoms with van der Waals surface area (Å²) in [6.45, 7) is 0.950. The molecule has 1 amide bonds. The van der Waals surface area contributed by atoms with E-state index in [-0.39, 0.29) is 42.6 Å². The van der Waals surface area contributed by atoms with Crippen LogP contribution in [0.1, 0.15) is 41.5 Å². The van der Waals surface area contributed by atoms with Crippen LogP contribution in [0.3, 0.4) is 0 Å². The van der Waals surface area contributed by atoms with E-state index in [4.69, 9.17) is 20.6 Å². The van der Waals surface area contributed by atoms with E-state index in [2.05, 4.69) is 48.5 Å². The number of methoxy groups -OCH3 is 1. The number of hydrogen-bond donors (Lipinski definition) is 2. The molecule has 1 fully saturated rings. The number of amides is 1. The molecule has 8 heteroatoms.